The number of hydrogen-bond donors (Lipinski definition) is 0. The van der Waals surface area contributed by atoms with Gasteiger partial charge in [0.2, 0.25) is 11.6 Å². The van der Waals surface area contributed by atoms with E-state index in [1.165, 1.54) is 25.7 Å². The van der Waals surface area contributed by atoms with Crippen LogP contribution >= 0.6 is 0 Å². The van der Waals surface area contributed by atoms with Gasteiger partial charge in [0.15, 0.2) is 0 Å². The average Bonchev–Trinajstić information content (AvgIpc) is 2.84. The number of carbonyl (C=O) groups excluding carboxylic acids is 1. The summed E-state index contributed by atoms with van der Waals surface area (Å²) in [6.45, 7) is 2.35. The zero-order valence-corrected chi connectivity index (χ0v) is 16.0. The minimum Gasteiger partial charge on any atom is -0.446 e. The van der Waals surface area contributed by atoms with Crippen molar-refractivity contribution in [1.29, 1.82) is 0 Å². The maximum atomic E-state index is 12.4. The van der Waals surface area contributed by atoms with E-state index in [1.54, 1.807) is 4.90 Å². The predicted molar refractivity (Wildman–Crippen MR) is 94.5 cm³/mol. The summed E-state index contributed by atoms with van der Waals surface area (Å²) in [6.07, 6.45) is 9.78. The van der Waals surface area contributed by atoms with Crippen LogP contribution in [-0.2, 0) is 24.0 Å². The predicted octanol–water partition coefficient (Wildman–Crippen LogP) is 3.37. The molecule has 6 fully saturated rings. The van der Waals surface area contributed by atoms with Crippen LogP contribution < -0.4 is 0 Å². The first kappa shape index (κ1) is 18.2. The van der Waals surface area contributed by atoms with Crippen LogP contribution in [0, 0.1) is 11.8 Å². The molecule has 0 radical (unpaired) electrons. The molecule has 6 rings (SSSR count). The first-order chi connectivity index (χ1) is 13.2. The van der Waals surface area contributed by atoms with Gasteiger partial charge in [0.25, 0.3) is 0 Å². The number of morpholine rings is 1. The quantitative estimate of drug-likeness (QED) is 0.649. The van der Waals surface area contributed by atoms with E-state index < -0.39 is 11.6 Å². The Morgan fingerprint density at radius 2 is 1.85 bits per heavy atom. The molecule has 0 aromatic carbocycles. The van der Waals surface area contributed by atoms with Crippen molar-refractivity contribution in [1.82, 2.24) is 4.90 Å². The summed E-state index contributed by atoms with van der Waals surface area (Å²) in [5.74, 6) is -0.221. The van der Waals surface area contributed by atoms with Crippen molar-refractivity contribution >= 4 is 6.09 Å². The highest BCUT2D eigenvalue weighted by molar-refractivity contribution is 5.67. The highest BCUT2D eigenvalue weighted by Gasteiger charge is 2.60. The number of rotatable bonds is 1. The van der Waals surface area contributed by atoms with Gasteiger partial charge in [-0.2, -0.15) is 9.78 Å². The second-order valence-electron chi connectivity index (χ2n) is 8.97. The number of carbonyl (C=O) groups is 1. The Hall–Kier alpha value is -0.890. The summed E-state index contributed by atoms with van der Waals surface area (Å²) in [4.78, 5) is 26.0. The molecule has 27 heavy (non-hydrogen) atoms. The number of nitrogens with zero attached hydrogens (tertiary/aromatic N) is 1. The van der Waals surface area contributed by atoms with Gasteiger partial charge in [-0.1, -0.05) is 12.8 Å². The lowest BCUT2D eigenvalue weighted by Gasteiger charge is -2.41. The largest absolute Gasteiger partial charge is 0.446 e. The summed E-state index contributed by atoms with van der Waals surface area (Å²) in [5, 5.41) is 0. The van der Waals surface area contributed by atoms with Crippen LogP contribution in [0.2, 0.25) is 0 Å². The summed E-state index contributed by atoms with van der Waals surface area (Å²) in [5.41, 5.74) is 0. The van der Waals surface area contributed by atoms with Crippen molar-refractivity contribution in [2.24, 2.45) is 11.8 Å². The van der Waals surface area contributed by atoms with E-state index in [0.29, 0.717) is 44.6 Å². The normalized spacial score (nSPS) is 44.6. The number of fused-ring (bicyclic) bond motifs is 3. The molecule has 0 aromatic heterocycles. The fourth-order valence-corrected chi connectivity index (χ4v) is 5.70. The molecule has 0 aromatic rings. The molecule has 7 nitrogen and oxygen atoms in total. The first-order valence-corrected chi connectivity index (χ1v) is 10.8. The fraction of sp³-hybridized carbons (Fsp3) is 0.950. The van der Waals surface area contributed by atoms with Gasteiger partial charge < -0.3 is 19.1 Å². The standard InChI is InChI=1S/C20H31NO6/c22-18(21-9-11-23-12-10-21)24-17-5-2-8-19(14-17)25-20(27-26-19)13-15-3-1-4-16(20)7-6-15/h15-17H,1-14H2. The molecule has 5 unspecified atom stereocenters. The van der Waals surface area contributed by atoms with Crippen LogP contribution in [0.5, 0.6) is 0 Å². The van der Waals surface area contributed by atoms with Gasteiger partial charge in [-0.25, -0.2) is 4.79 Å². The topological polar surface area (TPSA) is 66.5 Å². The molecule has 2 aliphatic heterocycles. The SMILES string of the molecule is O=C(OC1CCCC2(C1)OOC1(CC3CCCC1CC3)O2)N1CCOCC1. The van der Waals surface area contributed by atoms with Crippen molar-refractivity contribution in [3.8, 4) is 0 Å². The van der Waals surface area contributed by atoms with E-state index in [-0.39, 0.29) is 12.2 Å². The molecule has 2 saturated heterocycles. The molecular weight excluding hydrogens is 350 g/mol. The molecule has 1 amide bonds. The summed E-state index contributed by atoms with van der Waals surface area (Å²) < 4.78 is 17.7. The minimum atomic E-state index is -0.751. The maximum absolute atomic E-state index is 12.4. The lowest BCUT2D eigenvalue weighted by Crippen LogP contribution is -2.48. The monoisotopic (exact) mass is 381 g/mol. The van der Waals surface area contributed by atoms with Crippen molar-refractivity contribution in [2.45, 2.75) is 81.9 Å². The van der Waals surface area contributed by atoms with Crippen molar-refractivity contribution in [3.05, 3.63) is 0 Å². The molecule has 7 heteroatoms. The first-order valence-electron chi connectivity index (χ1n) is 10.8. The summed E-state index contributed by atoms with van der Waals surface area (Å²) in [6, 6.07) is 0. The van der Waals surface area contributed by atoms with E-state index in [4.69, 9.17) is 24.0 Å². The van der Waals surface area contributed by atoms with E-state index in [9.17, 15) is 4.79 Å². The molecule has 5 atom stereocenters. The highest BCUT2D eigenvalue weighted by atomic mass is 17.3. The molecule has 4 aliphatic carbocycles. The molecule has 6 aliphatic rings. The zero-order valence-electron chi connectivity index (χ0n) is 16.0. The van der Waals surface area contributed by atoms with Crippen molar-refractivity contribution in [2.75, 3.05) is 26.3 Å². The molecule has 0 N–H and O–H groups in total. The molecule has 4 saturated carbocycles. The molecular formula is C20H31NO6. The summed E-state index contributed by atoms with van der Waals surface area (Å²) >= 11 is 0. The Morgan fingerprint density at radius 3 is 2.74 bits per heavy atom. The number of hydrogen-bond acceptors (Lipinski definition) is 6. The lowest BCUT2D eigenvalue weighted by molar-refractivity contribution is -0.369. The Morgan fingerprint density at radius 1 is 0.963 bits per heavy atom. The van der Waals surface area contributed by atoms with Gasteiger partial charge in [-0.3, -0.25) is 0 Å². The smallest absolute Gasteiger partial charge is 0.410 e. The lowest BCUT2D eigenvalue weighted by atomic mass is 9.78. The molecule has 2 heterocycles. The van der Waals surface area contributed by atoms with Gasteiger partial charge in [-0.05, 0) is 38.0 Å². The van der Waals surface area contributed by atoms with E-state index in [1.807, 2.05) is 0 Å². The molecule has 152 valence electrons. The molecule has 2 spiro atoms. The van der Waals surface area contributed by atoms with Gasteiger partial charge in [0.1, 0.15) is 6.10 Å². The minimum absolute atomic E-state index is 0.184. The second-order valence-corrected chi connectivity index (χ2v) is 8.97. The Labute approximate surface area is 160 Å². The Kier molecular flexibility index (Phi) is 4.82. The Balaban J connectivity index is 1.24. The van der Waals surface area contributed by atoms with Crippen LogP contribution in [0.3, 0.4) is 0 Å². The van der Waals surface area contributed by atoms with Gasteiger partial charge in [0.05, 0.1) is 13.2 Å². The van der Waals surface area contributed by atoms with Crippen LogP contribution in [0.25, 0.3) is 0 Å². The average molecular weight is 381 g/mol. The van der Waals surface area contributed by atoms with Crippen LogP contribution in [0.4, 0.5) is 4.79 Å². The third kappa shape index (κ3) is 3.48. The third-order valence-electron chi connectivity index (χ3n) is 7.14. The Bertz CT molecular complexity index is 563. The van der Waals surface area contributed by atoms with E-state index in [0.717, 1.165) is 32.1 Å². The third-order valence-corrected chi connectivity index (χ3v) is 7.14. The van der Waals surface area contributed by atoms with E-state index in [2.05, 4.69) is 0 Å². The maximum Gasteiger partial charge on any atom is 0.410 e. The van der Waals surface area contributed by atoms with Gasteiger partial charge in [0, 0.05) is 38.3 Å². The zero-order chi connectivity index (χ0) is 18.3. The summed E-state index contributed by atoms with van der Waals surface area (Å²) in [7, 11) is 0. The van der Waals surface area contributed by atoms with Crippen LogP contribution in [0.15, 0.2) is 0 Å². The van der Waals surface area contributed by atoms with Crippen molar-refractivity contribution in [3.63, 3.8) is 0 Å². The van der Waals surface area contributed by atoms with Crippen LogP contribution in [-0.4, -0.2) is 55.0 Å². The highest BCUT2D eigenvalue weighted by Crippen LogP contribution is 2.55. The van der Waals surface area contributed by atoms with Crippen molar-refractivity contribution < 1.29 is 28.8 Å². The second kappa shape index (κ2) is 7.17. The fourth-order valence-electron chi connectivity index (χ4n) is 5.70. The van der Waals surface area contributed by atoms with Gasteiger partial charge in [-0.15, -0.1) is 0 Å². The van der Waals surface area contributed by atoms with Crippen LogP contribution in [0.1, 0.15) is 64.2 Å². The van der Waals surface area contributed by atoms with Gasteiger partial charge >= 0.3 is 6.09 Å². The van der Waals surface area contributed by atoms with E-state index >= 15 is 0 Å². The number of ether oxygens (including phenoxy) is 3. The number of amides is 1. The molecule has 2 bridgehead atoms.